The number of alkyl halides is 3. The number of nitrogens with zero attached hydrogens (tertiary/aromatic N) is 3. The third kappa shape index (κ3) is 6.66. The minimum atomic E-state index is -4.87. The third-order valence-corrected chi connectivity index (χ3v) is 6.05. The standard InChI is InChI=1S/C24H21F4N5O2S/c25-20-7-3-6-19(24(26,27)28)21(20)22(34)31-23-30-17(14-36-23)13-35-18-10-8-15(9-11-18)4-1-2-5-16-12-29-33-32-16/h3,6-12,14H,1-2,4-5,13H2,(H,29,32,33)(H,30,31,34). The van der Waals surface area contributed by atoms with Crippen molar-refractivity contribution >= 4 is 22.4 Å². The van der Waals surface area contributed by atoms with Gasteiger partial charge in [0.2, 0.25) is 0 Å². The Labute approximate surface area is 207 Å². The number of hydrogen-bond donors (Lipinski definition) is 2. The van der Waals surface area contributed by atoms with Gasteiger partial charge in [0.15, 0.2) is 5.13 Å². The fraction of sp³-hybridized carbons (Fsp3) is 0.250. The van der Waals surface area contributed by atoms with Crippen LogP contribution >= 0.6 is 11.3 Å². The summed E-state index contributed by atoms with van der Waals surface area (Å²) in [6.45, 7) is 0.0942. The summed E-state index contributed by atoms with van der Waals surface area (Å²) in [6, 6.07) is 10.0. The number of thiazole rings is 1. The number of benzene rings is 2. The molecule has 188 valence electrons. The third-order valence-electron chi connectivity index (χ3n) is 5.24. The van der Waals surface area contributed by atoms with Gasteiger partial charge in [0.25, 0.3) is 5.91 Å². The lowest BCUT2D eigenvalue weighted by atomic mass is 10.1. The van der Waals surface area contributed by atoms with E-state index in [1.54, 1.807) is 11.6 Å². The first-order valence-corrected chi connectivity index (χ1v) is 11.9. The molecule has 1 amide bonds. The highest BCUT2D eigenvalue weighted by molar-refractivity contribution is 7.14. The molecule has 0 saturated carbocycles. The number of halogens is 4. The molecule has 12 heteroatoms. The van der Waals surface area contributed by atoms with Crippen LogP contribution in [-0.4, -0.2) is 26.3 Å². The number of nitrogens with one attached hydrogen (secondary N) is 2. The molecule has 0 bridgehead atoms. The van der Waals surface area contributed by atoms with Gasteiger partial charge in [-0.25, -0.2) is 9.37 Å². The molecule has 2 aromatic carbocycles. The number of aromatic nitrogens is 4. The first kappa shape index (κ1) is 25.3. The van der Waals surface area contributed by atoms with Crippen LogP contribution in [-0.2, 0) is 25.6 Å². The van der Waals surface area contributed by atoms with Gasteiger partial charge >= 0.3 is 6.18 Å². The summed E-state index contributed by atoms with van der Waals surface area (Å²) in [5.74, 6) is -1.86. The van der Waals surface area contributed by atoms with Gasteiger partial charge in [0, 0.05) is 5.38 Å². The molecule has 2 heterocycles. The maximum Gasteiger partial charge on any atom is 0.417 e. The second-order valence-corrected chi connectivity index (χ2v) is 8.72. The van der Waals surface area contributed by atoms with Gasteiger partial charge in [-0.05, 0) is 55.5 Å². The van der Waals surface area contributed by atoms with Crippen molar-refractivity contribution in [1.29, 1.82) is 0 Å². The molecule has 0 aliphatic rings. The molecule has 0 fully saturated rings. The van der Waals surface area contributed by atoms with E-state index in [1.165, 1.54) is 5.56 Å². The van der Waals surface area contributed by atoms with Crippen LogP contribution in [0.2, 0.25) is 0 Å². The van der Waals surface area contributed by atoms with Gasteiger partial charge in [-0.1, -0.05) is 18.2 Å². The average Bonchev–Trinajstić information content (AvgIpc) is 3.52. The van der Waals surface area contributed by atoms with E-state index in [0.29, 0.717) is 17.5 Å². The fourth-order valence-electron chi connectivity index (χ4n) is 3.47. The van der Waals surface area contributed by atoms with Crippen molar-refractivity contribution in [1.82, 2.24) is 20.4 Å². The van der Waals surface area contributed by atoms with Gasteiger partial charge < -0.3 is 4.74 Å². The van der Waals surface area contributed by atoms with Crippen molar-refractivity contribution in [3.63, 3.8) is 0 Å². The Kier molecular flexibility index (Phi) is 7.93. The molecular weight excluding hydrogens is 498 g/mol. The largest absolute Gasteiger partial charge is 0.487 e. The highest BCUT2D eigenvalue weighted by Gasteiger charge is 2.37. The Balaban J connectivity index is 1.27. The van der Waals surface area contributed by atoms with Crippen LogP contribution in [0.4, 0.5) is 22.7 Å². The van der Waals surface area contributed by atoms with Crippen molar-refractivity contribution in [2.75, 3.05) is 5.32 Å². The number of unbranched alkanes of at least 4 members (excludes halogenated alkanes) is 1. The lowest BCUT2D eigenvalue weighted by Gasteiger charge is -2.12. The molecule has 2 N–H and O–H groups in total. The number of carbonyl (C=O) groups is 1. The SMILES string of the molecule is O=C(Nc1nc(COc2ccc(CCCCc3cn[nH]n3)cc2)cs1)c1c(F)cccc1C(F)(F)F. The molecule has 0 atom stereocenters. The van der Waals surface area contributed by atoms with Crippen LogP contribution in [0.3, 0.4) is 0 Å². The molecule has 4 aromatic rings. The van der Waals surface area contributed by atoms with Gasteiger partial charge in [-0.2, -0.15) is 28.6 Å². The van der Waals surface area contributed by atoms with E-state index in [-0.39, 0.29) is 11.7 Å². The van der Waals surface area contributed by atoms with E-state index in [0.717, 1.165) is 54.8 Å². The smallest absolute Gasteiger partial charge is 0.417 e. The Morgan fingerprint density at radius 3 is 2.56 bits per heavy atom. The van der Waals surface area contributed by atoms with E-state index in [2.05, 4.69) is 25.7 Å². The molecule has 36 heavy (non-hydrogen) atoms. The summed E-state index contributed by atoms with van der Waals surface area (Å²) in [5.41, 5.74) is 0.168. The van der Waals surface area contributed by atoms with Crippen LogP contribution in [0.1, 0.15) is 45.7 Å². The minimum absolute atomic E-state index is 0.0379. The molecule has 0 spiro atoms. The number of anilines is 1. The van der Waals surface area contributed by atoms with E-state index in [4.69, 9.17) is 4.74 Å². The van der Waals surface area contributed by atoms with Crippen LogP contribution in [0, 0.1) is 5.82 Å². The summed E-state index contributed by atoms with van der Waals surface area (Å²) < 4.78 is 59.2. The summed E-state index contributed by atoms with van der Waals surface area (Å²) >= 11 is 1.00. The number of rotatable bonds is 10. The summed E-state index contributed by atoms with van der Waals surface area (Å²) in [5, 5.41) is 14.3. The second kappa shape index (κ2) is 11.3. The zero-order valence-corrected chi connectivity index (χ0v) is 19.6. The summed E-state index contributed by atoms with van der Waals surface area (Å²) in [6.07, 6.45) is 0.657. The summed E-state index contributed by atoms with van der Waals surface area (Å²) in [4.78, 5) is 16.5. The van der Waals surface area contributed by atoms with Crippen molar-refractivity contribution < 1.29 is 27.1 Å². The number of ether oxygens (including phenoxy) is 1. The van der Waals surface area contributed by atoms with Gasteiger partial charge in [-0.15, -0.1) is 11.3 Å². The topological polar surface area (TPSA) is 92.8 Å². The van der Waals surface area contributed by atoms with E-state index >= 15 is 0 Å². The Morgan fingerprint density at radius 2 is 1.83 bits per heavy atom. The van der Waals surface area contributed by atoms with Gasteiger partial charge in [-0.3, -0.25) is 10.1 Å². The predicted molar refractivity (Wildman–Crippen MR) is 125 cm³/mol. The van der Waals surface area contributed by atoms with Crippen molar-refractivity contribution in [2.24, 2.45) is 0 Å². The lowest BCUT2D eigenvalue weighted by Crippen LogP contribution is -2.20. The second-order valence-electron chi connectivity index (χ2n) is 7.86. The Morgan fingerprint density at radius 1 is 1.06 bits per heavy atom. The number of hydrogen-bond acceptors (Lipinski definition) is 6. The van der Waals surface area contributed by atoms with Gasteiger partial charge in [0.1, 0.15) is 18.2 Å². The molecule has 0 saturated heterocycles. The van der Waals surface area contributed by atoms with Crippen LogP contribution < -0.4 is 10.1 Å². The number of amides is 1. The highest BCUT2D eigenvalue weighted by atomic mass is 32.1. The fourth-order valence-corrected chi connectivity index (χ4v) is 4.16. The quantitative estimate of drug-likeness (QED) is 0.204. The van der Waals surface area contributed by atoms with Crippen molar-refractivity contribution in [2.45, 2.75) is 38.5 Å². The van der Waals surface area contributed by atoms with E-state index < -0.39 is 29.0 Å². The normalized spacial score (nSPS) is 11.4. The van der Waals surface area contributed by atoms with Crippen molar-refractivity contribution in [3.8, 4) is 5.75 Å². The molecule has 0 radical (unpaired) electrons. The average molecular weight is 520 g/mol. The molecule has 4 rings (SSSR count). The first-order chi connectivity index (χ1) is 17.3. The number of aryl methyl sites for hydroxylation is 2. The highest BCUT2D eigenvalue weighted by Crippen LogP contribution is 2.33. The molecular formula is C24H21F4N5O2S. The Hall–Kier alpha value is -3.80. The number of aromatic amines is 1. The Bertz CT molecular complexity index is 1290. The van der Waals surface area contributed by atoms with Crippen LogP contribution in [0.5, 0.6) is 5.75 Å². The monoisotopic (exact) mass is 519 g/mol. The maximum atomic E-state index is 14.0. The number of H-pyrrole nitrogens is 1. The van der Waals surface area contributed by atoms with Crippen molar-refractivity contribution in [3.05, 3.63) is 87.9 Å². The minimum Gasteiger partial charge on any atom is -0.487 e. The first-order valence-electron chi connectivity index (χ1n) is 11.0. The lowest BCUT2D eigenvalue weighted by molar-refractivity contribution is -0.138. The zero-order chi connectivity index (χ0) is 25.5. The predicted octanol–water partition coefficient (Wildman–Crippen LogP) is 5.82. The van der Waals surface area contributed by atoms with E-state index in [1.807, 2.05) is 24.3 Å². The van der Waals surface area contributed by atoms with Crippen LogP contribution in [0.15, 0.2) is 54.0 Å². The summed E-state index contributed by atoms with van der Waals surface area (Å²) in [7, 11) is 0. The molecule has 2 aromatic heterocycles. The maximum absolute atomic E-state index is 14.0. The molecule has 7 nitrogen and oxygen atoms in total. The molecule has 0 unspecified atom stereocenters. The molecule has 0 aliphatic carbocycles. The van der Waals surface area contributed by atoms with E-state index in [9.17, 15) is 22.4 Å². The van der Waals surface area contributed by atoms with Gasteiger partial charge in [0.05, 0.1) is 28.7 Å². The molecule has 0 aliphatic heterocycles. The number of carbonyl (C=O) groups excluding carboxylic acids is 1. The van der Waals surface area contributed by atoms with Crippen LogP contribution in [0.25, 0.3) is 0 Å². The zero-order valence-electron chi connectivity index (χ0n) is 18.8.